The van der Waals surface area contributed by atoms with Gasteiger partial charge in [-0.3, -0.25) is 0 Å². The van der Waals surface area contributed by atoms with Gasteiger partial charge in [-0.25, -0.2) is 13.6 Å². The van der Waals surface area contributed by atoms with Gasteiger partial charge in [0.1, 0.15) is 18.0 Å². The Morgan fingerprint density at radius 3 is 2.57 bits per heavy atom. The van der Waals surface area contributed by atoms with Crippen molar-refractivity contribution in [1.82, 2.24) is 25.0 Å². The molecule has 1 N–H and O–H groups in total. The van der Waals surface area contributed by atoms with Crippen molar-refractivity contribution in [2.24, 2.45) is 7.05 Å². The summed E-state index contributed by atoms with van der Waals surface area (Å²) in [6, 6.07) is 2.83. The molecule has 0 radical (unpaired) electrons. The van der Waals surface area contributed by atoms with Crippen LogP contribution in [0.25, 0.3) is 0 Å². The number of aromatic nitrogens is 3. The second-order valence-electron chi connectivity index (χ2n) is 5.19. The van der Waals surface area contributed by atoms with Crippen molar-refractivity contribution in [3.8, 4) is 0 Å². The van der Waals surface area contributed by atoms with Crippen LogP contribution in [-0.2, 0) is 13.6 Å². The van der Waals surface area contributed by atoms with Crippen LogP contribution in [0.4, 0.5) is 13.6 Å². The molecule has 0 aliphatic heterocycles. The smallest absolute Gasteiger partial charge is 0.318 e. The molecule has 8 heteroatoms. The predicted octanol–water partition coefficient (Wildman–Crippen LogP) is 2.39. The number of benzene rings is 1. The second-order valence-corrected chi connectivity index (χ2v) is 5.19. The van der Waals surface area contributed by atoms with E-state index in [0.717, 1.165) is 0 Å². The number of amides is 2. The summed E-state index contributed by atoms with van der Waals surface area (Å²) in [6.07, 6.45) is 1.53. The normalized spacial score (nSPS) is 12.0. The number of urea groups is 1. The van der Waals surface area contributed by atoms with Gasteiger partial charge in [0.05, 0.1) is 12.6 Å². The van der Waals surface area contributed by atoms with E-state index in [1.165, 1.54) is 29.4 Å². The molecule has 1 aromatic heterocycles. The Morgan fingerprint density at radius 2 is 2.04 bits per heavy atom. The molecule has 0 fully saturated rings. The molecule has 124 valence electrons. The Kier molecular flexibility index (Phi) is 5.25. The van der Waals surface area contributed by atoms with Gasteiger partial charge in [-0.05, 0) is 26.0 Å². The van der Waals surface area contributed by atoms with Gasteiger partial charge in [-0.1, -0.05) is 6.07 Å². The minimum atomic E-state index is -0.669. The van der Waals surface area contributed by atoms with E-state index < -0.39 is 17.7 Å². The molecule has 0 aliphatic carbocycles. The van der Waals surface area contributed by atoms with E-state index in [1.54, 1.807) is 25.5 Å². The third-order valence-corrected chi connectivity index (χ3v) is 3.55. The molecule has 2 aromatic rings. The van der Waals surface area contributed by atoms with Crippen molar-refractivity contribution in [2.75, 3.05) is 6.54 Å². The minimum absolute atomic E-state index is 0.129. The van der Waals surface area contributed by atoms with Crippen molar-refractivity contribution in [2.45, 2.75) is 26.4 Å². The van der Waals surface area contributed by atoms with Crippen LogP contribution in [0, 0.1) is 11.6 Å². The Bertz CT molecular complexity index is 668. The zero-order valence-electron chi connectivity index (χ0n) is 13.3. The van der Waals surface area contributed by atoms with E-state index in [-0.39, 0.29) is 18.2 Å². The first-order valence-electron chi connectivity index (χ1n) is 7.26. The summed E-state index contributed by atoms with van der Waals surface area (Å²) in [4.78, 5) is 13.7. The molecular weight excluding hydrogens is 304 g/mol. The van der Waals surface area contributed by atoms with Crippen LogP contribution in [0.1, 0.15) is 31.3 Å². The average Bonchev–Trinajstić information content (AvgIpc) is 2.93. The summed E-state index contributed by atoms with van der Waals surface area (Å²) in [5.41, 5.74) is -0.129. The molecule has 1 heterocycles. The number of aryl methyl sites for hydroxylation is 1. The highest BCUT2D eigenvalue weighted by molar-refractivity contribution is 5.74. The average molecular weight is 323 g/mol. The first-order chi connectivity index (χ1) is 10.9. The lowest BCUT2D eigenvalue weighted by molar-refractivity contribution is 0.193. The largest absolute Gasteiger partial charge is 0.328 e. The number of carbonyl (C=O) groups excluding carboxylic acids is 1. The number of nitrogens with one attached hydrogen (secondary N) is 1. The molecule has 0 saturated carbocycles. The molecule has 1 unspecified atom stereocenters. The summed E-state index contributed by atoms with van der Waals surface area (Å²) in [7, 11) is 1.77. The highest BCUT2D eigenvalue weighted by Crippen LogP contribution is 2.15. The molecular formula is C15H19F2N5O. The maximum absolute atomic E-state index is 13.7. The zero-order valence-corrected chi connectivity index (χ0v) is 13.3. The Balaban J connectivity index is 2.08. The lowest BCUT2D eigenvalue weighted by Crippen LogP contribution is -2.41. The summed E-state index contributed by atoms with van der Waals surface area (Å²) >= 11 is 0. The van der Waals surface area contributed by atoms with Crippen LogP contribution >= 0.6 is 0 Å². The SMILES string of the molecule is CCN(Cc1c(F)cccc1F)C(=O)NC(C)c1nncn1C. The van der Waals surface area contributed by atoms with Gasteiger partial charge < -0.3 is 14.8 Å². The molecule has 2 rings (SSSR count). The first-order valence-corrected chi connectivity index (χ1v) is 7.26. The van der Waals surface area contributed by atoms with Crippen molar-refractivity contribution in [3.63, 3.8) is 0 Å². The number of rotatable bonds is 5. The van der Waals surface area contributed by atoms with Crippen LogP contribution in [0.3, 0.4) is 0 Å². The van der Waals surface area contributed by atoms with Crippen molar-refractivity contribution in [3.05, 3.63) is 47.5 Å². The van der Waals surface area contributed by atoms with Crippen LogP contribution < -0.4 is 5.32 Å². The third-order valence-electron chi connectivity index (χ3n) is 3.55. The van der Waals surface area contributed by atoms with Crippen LogP contribution in [-0.4, -0.2) is 32.2 Å². The Hall–Kier alpha value is -2.51. The highest BCUT2D eigenvalue weighted by Gasteiger charge is 2.20. The topological polar surface area (TPSA) is 63.1 Å². The molecule has 0 bridgehead atoms. The fourth-order valence-corrected chi connectivity index (χ4v) is 2.23. The lowest BCUT2D eigenvalue weighted by atomic mass is 10.2. The standard InChI is InChI=1S/C15H19F2N5O/c1-4-22(8-11-12(16)6-5-7-13(11)17)15(23)19-10(2)14-20-18-9-21(14)3/h5-7,9-10H,4,8H2,1-3H3,(H,19,23). The summed E-state index contributed by atoms with van der Waals surface area (Å²) in [5.74, 6) is -0.748. The maximum Gasteiger partial charge on any atom is 0.318 e. The quantitative estimate of drug-likeness (QED) is 0.919. The van der Waals surface area contributed by atoms with E-state index in [9.17, 15) is 13.6 Å². The number of hydrogen-bond donors (Lipinski definition) is 1. The number of halogens is 2. The lowest BCUT2D eigenvalue weighted by Gasteiger charge is -2.24. The molecule has 0 saturated heterocycles. The van der Waals surface area contributed by atoms with Crippen LogP contribution in [0.2, 0.25) is 0 Å². The summed E-state index contributed by atoms with van der Waals surface area (Å²) in [6.45, 7) is 3.67. The fourth-order valence-electron chi connectivity index (χ4n) is 2.23. The van der Waals surface area contributed by atoms with Crippen molar-refractivity contribution in [1.29, 1.82) is 0 Å². The van der Waals surface area contributed by atoms with E-state index >= 15 is 0 Å². The predicted molar refractivity (Wildman–Crippen MR) is 80.4 cm³/mol. The van der Waals surface area contributed by atoms with Gasteiger partial charge in [0.15, 0.2) is 5.82 Å². The van der Waals surface area contributed by atoms with Crippen molar-refractivity contribution >= 4 is 6.03 Å². The molecule has 0 spiro atoms. The fraction of sp³-hybridized carbons (Fsp3) is 0.400. The Labute approximate surface area is 133 Å². The van der Waals surface area contributed by atoms with E-state index in [4.69, 9.17) is 0 Å². The first kappa shape index (κ1) is 16.9. The van der Waals surface area contributed by atoms with Crippen molar-refractivity contribution < 1.29 is 13.6 Å². The second kappa shape index (κ2) is 7.17. The molecule has 0 aliphatic rings. The van der Waals surface area contributed by atoms with E-state index in [0.29, 0.717) is 12.4 Å². The van der Waals surface area contributed by atoms with E-state index in [2.05, 4.69) is 15.5 Å². The van der Waals surface area contributed by atoms with Crippen LogP contribution in [0.5, 0.6) is 0 Å². The maximum atomic E-state index is 13.7. The van der Waals surface area contributed by atoms with E-state index in [1.807, 2.05) is 0 Å². The third kappa shape index (κ3) is 3.82. The minimum Gasteiger partial charge on any atom is -0.328 e. The molecule has 6 nitrogen and oxygen atoms in total. The zero-order chi connectivity index (χ0) is 17.0. The molecule has 1 aromatic carbocycles. The van der Waals surface area contributed by atoms with Gasteiger partial charge >= 0.3 is 6.03 Å². The molecule has 2 amide bonds. The van der Waals surface area contributed by atoms with Gasteiger partial charge in [-0.2, -0.15) is 0 Å². The molecule has 23 heavy (non-hydrogen) atoms. The highest BCUT2D eigenvalue weighted by atomic mass is 19.1. The van der Waals surface area contributed by atoms with Gasteiger partial charge in [0.2, 0.25) is 0 Å². The Morgan fingerprint density at radius 1 is 1.39 bits per heavy atom. The van der Waals surface area contributed by atoms with Gasteiger partial charge in [0, 0.05) is 19.2 Å². The number of nitrogens with zero attached hydrogens (tertiary/aromatic N) is 4. The number of hydrogen-bond acceptors (Lipinski definition) is 3. The van der Waals surface area contributed by atoms with Gasteiger partial charge in [-0.15, -0.1) is 10.2 Å². The van der Waals surface area contributed by atoms with Gasteiger partial charge in [0.25, 0.3) is 0 Å². The summed E-state index contributed by atoms with van der Waals surface area (Å²) in [5, 5.41) is 10.4. The summed E-state index contributed by atoms with van der Waals surface area (Å²) < 4.78 is 29.2. The monoisotopic (exact) mass is 323 g/mol. The molecule has 1 atom stereocenters. The number of carbonyl (C=O) groups is 1. The van der Waals surface area contributed by atoms with Crippen LogP contribution in [0.15, 0.2) is 24.5 Å².